The van der Waals surface area contributed by atoms with Gasteiger partial charge in [0.2, 0.25) is 0 Å². The van der Waals surface area contributed by atoms with Gasteiger partial charge in [-0.3, -0.25) is 4.79 Å². The fourth-order valence-electron chi connectivity index (χ4n) is 4.09. The van der Waals surface area contributed by atoms with Gasteiger partial charge in [0, 0.05) is 6.42 Å². The summed E-state index contributed by atoms with van der Waals surface area (Å²) in [6.45, 7) is 7.53. The van der Waals surface area contributed by atoms with E-state index in [4.69, 9.17) is 9.47 Å². The van der Waals surface area contributed by atoms with Crippen LogP contribution >= 0.6 is 0 Å². The van der Waals surface area contributed by atoms with E-state index in [-0.39, 0.29) is 23.2 Å². The van der Waals surface area contributed by atoms with Gasteiger partial charge in [0.05, 0.1) is 12.7 Å². The molecule has 7 heteroatoms. The van der Waals surface area contributed by atoms with Gasteiger partial charge in [-0.25, -0.2) is 0 Å². The molecule has 26 heavy (non-hydrogen) atoms. The molecule has 0 aromatic rings. The Hall–Kier alpha value is -0.830. The average Bonchev–Trinajstić information content (AvgIpc) is 2.53. The predicted octanol–water partition coefficient (Wildman–Crippen LogP) is 0.533. The summed E-state index contributed by atoms with van der Waals surface area (Å²) in [7, 11) is 0. The Balaban J connectivity index is 1.93. The van der Waals surface area contributed by atoms with E-state index in [1.54, 1.807) is 6.08 Å². The molecule has 0 bridgehead atoms. The SMILES string of the molecule is CC1=CC(=O)CC(C)(C)[C@@H]1CC[C@H](C)O[C@H]1O[C@@H](CO)[C@H](O)[C@@H](O)[C@@H]1O. The predicted molar refractivity (Wildman–Crippen MR) is 94.2 cm³/mol. The summed E-state index contributed by atoms with van der Waals surface area (Å²) in [5.74, 6) is 0.426. The van der Waals surface area contributed by atoms with Crippen LogP contribution in [0, 0.1) is 11.3 Å². The maximum Gasteiger partial charge on any atom is 0.186 e. The number of aliphatic hydroxyl groups excluding tert-OH is 4. The molecule has 1 saturated heterocycles. The highest BCUT2D eigenvalue weighted by atomic mass is 16.7. The molecule has 2 aliphatic rings. The monoisotopic (exact) mass is 372 g/mol. The van der Waals surface area contributed by atoms with E-state index in [9.17, 15) is 25.2 Å². The van der Waals surface area contributed by atoms with Crippen LogP contribution in [0.1, 0.15) is 47.0 Å². The van der Waals surface area contributed by atoms with E-state index in [0.29, 0.717) is 12.8 Å². The third-order valence-electron chi connectivity index (χ3n) is 5.59. The van der Waals surface area contributed by atoms with Crippen molar-refractivity contribution < 1.29 is 34.7 Å². The molecular formula is C19H32O7. The Labute approximate surface area is 154 Å². The molecule has 7 nitrogen and oxygen atoms in total. The van der Waals surface area contributed by atoms with Crippen LogP contribution in [0.5, 0.6) is 0 Å². The summed E-state index contributed by atoms with van der Waals surface area (Å²) in [6.07, 6.45) is -2.82. The first-order valence-electron chi connectivity index (χ1n) is 9.23. The van der Waals surface area contributed by atoms with Gasteiger partial charge in [0.1, 0.15) is 24.4 Å². The van der Waals surface area contributed by atoms with E-state index in [2.05, 4.69) is 13.8 Å². The molecule has 0 aromatic heterocycles. The van der Waals surface area contributed by atoms with Crippen molar-refractivity contribution in [3.63, 3.8) is 0 Å². The Morgan fingerprint density at radius 3 is 2.50 bits per heavy atom. The van der Waals surface area contributed by atoms with Gasteiger partial charge in [0.15, 0.2) is 12.1 Å². The van der Waals surface area contributed by atoms with Crippen molar-refractivity contribution in [2.75, 3.05) is 6.61 Å². The molecule has 7 atom stereocenters. The van der Waals surface area contributed by atoms with Gasteiger partial charge >= 0.3 is 0 Å². The fourth-order valence-corrected chi connectivity index (χ4v) is 4.09. The molecule has 1 fully saturated rings. The minimum Gasteiger partial charge on any atom is -0.394 e. The molecule has 1 heterocycles. The number of hydrogen-bond donors (Lipinski definition) is 4. The van der Waals surface area contributed by atoms with Crippen LogP contribution in [0.3, 0.4) is 0 Å². The zero-order valence-corrected chi connectivity index (χ0v) is 16.0. The Bertz CT molecular complexity index is 528. The van der Waals surface area contributed by atoms with Crippen LogP contribution in [0.15, 0.2) is 11.6 Å². The van der Waals surface area contributed by atoms with Crippen molar-refractivity contribution in [2.24, 2.45) is 11.3 Å². The van der Waals surface area contributed by atoms with E-state index < -0.39 is 37.3 Å². The molecule has 0 radical (unpaired) electrons. The smallest absolute Gasteiger partial charge is 0.186 e. The van der Waals surface area contributed by atoms with Crippen molar-refractivity contribution in [3.05, 3.63) is 11.6 Å². The molecule has 2 rings (SSSR count). The maximum absolute atomic E-state index is 11.8. The summed E-state index contributed by atoms with van der Waals surface area (Å²) in [5, 5.41) is 38.9. The number of hydrogen-bond acceptors (Lipinski definition) is 7. The number of allylic oxidation sites excluding steroid dienone is 2. The van der Waals surface area contributed by atoms with Crippen molar-refractivity contribution >= 4 is 5.78 Å². The lowest BCUT2D eigenvalue weighted by molar-refractivity contribution is -0.310. The van der Waals surface area contributed by atoms with Gasteiger partial charge in [0.25, 0.3) is 0 Å². The van der Waals surface area contributed by atoms with Crippen molar-refractivity contribution in [1.82, 2.24) is 0 Å². The fraction of sp³-hybridized carbons (Fsp3) is 0.842. The summed E-state index contributed by atoms with van der Waals surface area (Å²) in [4.78, 5) is 11.8. The molecule has 150 valence electrons. The number of ketones is 1. The molecule has 4 N–H and O–H groups in total. The summed E-state index contributed by atoms with van der Waals surface area (Å²) >= 11 is 0. The van der Waals surface area contributed by atoms with Crippen molar-refractivity contribution in [1.29, 1.82) is 0 Å². The number of aliphatic hydroxyl groups is 4. The number of rotatable bonds is 6. The van der Waals surface area contributed by atoms with Gasteiger partial charge in [-0.1, -0.05) is 19.4 Å². The minimum absolute atomic E-state index is 0.112. The molecular weight excluding hydrogens is 340 g/mol. The van der Waals surface area contributed by atoms with Gasteiger partial charge in [-0.2, -0.15) is 0 Å². The van der Waals surface area contributed by atoms with Crippen LogP contribution < -0.4 is 0 Å². The van der Waals surface area contributed by atoms with Crippen molar-refractivity contribution in [3.8, 4) is 0 Å². The maximum atomic E-state index is 11.8. The summed E-state index contributed by atoms with van der Waals surface area (Å²) in [5.41, 5.74) is 0.963. The molecule has 0 saturated carbocycles. The zero-order chi connectivity index (χ0) is 19.6. The lowest BCUT2D eigenvalue weighted by Gasteiger charge is -2.41. The summed E-state index contributed by atoms with van der Waals surface area (Å²) < 4.78 is 11.1. The van der Waals surface area contributed by atoms with E-state index >= 15 is 0 Å². The first kappa shape index (κ1) is 21.5. The second-order valence-electron chi connectivity index (χ2n) is 8.29. The number of carbonyl (C=O) groups is 1. The van der Waals surface area contributed by atoms with Gasteiger partial charge < -0.3 is 29.9 Å². The van der Waals surface area contributed by atoms with E-state index in [1.165, 1.54) is 0 Å². The average molecular weight is 372 g/mol. The number of ether oxygens (including phenoxy) is 2. The lowest BCUT2D eigenvalue weighted by atomic mass is 9.66. The zero-order valence-electron chi connectivity index (χ0n) is 16.0. The van der Waals surface area contributed by atoms with Gasteiger partial charge in [-0.15, -0.1) is 0 Å². The van der Waals surface area contributed by atoms with E-state index in [1.807, 2.05) is 13.8 Å². The topological polar surface area (TPSA) is 116 Å². The van der Waals surface area contributed by atoms with E-state index in [0.717, 1.165) is 12.0 Å². The Kier molecular flexibility index (Phi) is 6.98. The van der Waals surface area contributed by atoms with Crippen molar-refractivity contribution in [2.45, 2.75) is 83.8 Å². The van der Waals surface area contributed by atoms with Crippen LogP contribution in [-0.4, -0.2) is 69.6 Å². The first-order valence-corrected chi connectivity index (χ1v) is 9.23. The molecule has 1 aliphatic heterocycles. The van der Waals surface area contributed by atoms with Crippen LogP contribution in [0.25, 0.3) is 0 Å². The second-order valence-corrected chi connectivity index (χ2v) is 8.29. The summed E-state index contributed by atoms with van der Waals surface area (Å²) in [6, 6.07) is 0. The molecule has 1 aliphatic carbocycles. The third-order valence-corrected chi connectivity index (χ3v) is 5.59. The Morgan fingerprint density at radius 2 is 1.92 bits per heavy atom. The highest BCUT2D eigenvalue weighted by Gasteiger charge is 2.44. The Morgan fingerprint density at radius 1 is 1.27 bits per heavy atom. The highest BCUT2D eigenvalue weighted by Crippen LogP contribution is 2.42. The highest BCUT2D eigenvalue weighted by molar-refractivity contribution is 5.91. The largest absolute Gasteiger partial charge is 0.394 e. The quantitative estimate of drug-likeness (QED) is 0.537. The third kappa shape index (κ3) is 4.71. The van der Waals surface area contributed by atoms with Crippen LogP contribution in [-0.2, 0) is 14.3 Å². The van der Waals surface area contributed by atoms with Crippen LogP contribution in [0.2, 0.25) is 0 Å². The van der Waals surface area contributed by atoms with Gasteiger partial charge in [-0.05, 0) is 44.1 Å². The lowest BCUT2D eigenvalue weighted by Crippen LogP contribution is -2.59. The molecule has 0 aromatic carbocycles. The standard InChI is InChI=1S/C19H32O7/c1-10-7-12(21)8-19(3,4)13(10)6-5-11(2)25-18-17(24)16(23)15(22)14(9-20)26-18/h7,11,13-18,20,22-24H,5-6,8-9H2,1-4H3/t11-,13+,14-,15-,16+,17-,18-/m0/s1. The van der Waals surface area contributed by atoms with Crippen LogP contribution in [0.4, 0.5) is 0 Å². The normalized spacial score (nSPS) is 38.8. The molecule has 0 unspecified atom stereocenters. The number of carbonyl (C=O) groups excluding carboxylic acids is 1. The minimum atomic E-state index is -1.44. The molecule has 0 spiro atoms. The second kappa shape index (κ2) is 8.46. The first-order chi connectivity index (χ1) is 12.1. The molecule has 0 amide bonds.